The molecule has 0 rings (SSSR count). The molecule has 0 saturated heterocycles. The molecule has 0 aliphatic heterocycles. The normalized spacial score (nSPS) is 14.6. The number of hydrogen-bond acceptors (Lipinski definition) is 9. The van der Waals surface area contributed by atoms with Crippen LogP contribution in [0.4, 0.5) is 0 Å². The maximum absolute atomic E-state index is 12.6. The van der Waals surface area contributed by atoms with Gasteiger partial charge in [-0.25, -0.2) is 4.57 Å². The van der Waals surface area contributed by atoms with Gasteiger partial charge >= 0.3 is 25.7 Å². The molecule has 0 saturated carbocycles. The quantitative estimate of drug-likeness (QED) is 0.0233. The van der Waals surface area contributed by atoms with Crippen molar-refractivity contribution in [3.63, 3.8) is 0 Å². The molecule has 0 fully saturated rings. The van der Waals surface area contributed by atoms with E-state index in [1.807, 2.05) is 18.2 Å². The van der Waals surface area contributed by atoms with Crippen molar-refractivity contribution < 1.29 is 47.5 Å². The van der Waals surface area contributed by atoms with Crippen molar-refractivity contribution in [2.24, 2.45) is 5.73 Å². The second kappa shape index (κ2) is 40.4. The molecule has 3 atom stereocenters. The van der Waals surface area contributed by atoms with Crippen LogP contribution in [0.15, 0.2) is 85.1 Å². The highest BCUT2D eigenvalue weighted by molar-refractivity contribution is 7.47. The van der Waals surface area contributed by atoms with E-state index in [0.717, 1.165) is 44.9 Å². The first kappa shape index (κ1) is 54.7. The number of carbonyl (C=O) groups excluding carboxylic acids is 2. The lowest BCUT2D eigenvalue weighted by Crippen LogP contribution is -2.34. The van der Waals surface area contributed by atoms with Gasteiger partial charge in [-0.15, -0.1) is 0 Å². The zero-order valence-corrected chi connectivity index (χ0v) is 36.5. The van der Waals surface area contributed by atoms with E-state index in [1.54, 1.807) is 0 Å². The lowest BCUT2D eigenvalue weighted by Gasteiger charge is -2.20. The molecular weight excluding hydrogens is 757 g/mol. The lowest BCUT2D eigenvalue weighted by atomic mass is 10.1. The van der Waals surface area contributed by atoms with Gasteiger partial charge < -0.3 is 25.2 Å². The minimum Gasteiger partial charge on any atom is -0.480 e. The number of nitrogens with two attached hydrogens (primary N) is 1. The van der Waals surface area contributed by atoms with Crippen molar-refractivity contribution in [3.05, 3.63) is 85.1 Å². The molecule has 0 bridgehead atoms. The average Bonchev–Trinajstić information content (AvgIpc) is 3.20. The Morgan fingerprint density at radius 1 is 0.552 bits per heavy atom. The molecule has 4 N–H and O–H groups in total. The van der Waals surface area contributed by atoms with E-state index in [4.69, 9.17) is 24.8 Å². The molecule has 0 heterocycles. The van der Waals surface area contributed by atoms with Gasteiger partial charge in [0, 0.05) is 12.8 Å². The van der Waals surface area contributed by atoms with Crippen LogP contribution in [0.25, 0.3) is 0 Å². The first-order chi connectivity index (χ1) is 28.1. The first-order valence-corrected chi connectivity index (χ1v) is 23.1. The summed E-state index contributed by atoms with van der Waals surface area (Å²) >= 11 is 0. The molecule has 0 aromatic rings. The van der Waals surface area contributed by atoms with Crippen LogP contribution in [0.1, 0.15) is 155 Å². The van der Waals surface area contributed by atoms with E-state index in [1.165, 1.54) is 57.8 Å². The summed E-state index contributed by atoms with van der Waals surface area (Å²) in [6.45, 7) is 2.57. The lowest BCUT2D eigenvalue weighted by molar-refractivity contribution is -0.161. The van der Waals surface area contributed by atoms with Crippen molar-refractivity contribution in [3.8, 4) is 0 Å². The zero-order chi connectivity index (χ0) is 42.8. The number of hydrogen-bond donors (Lipinski definition) is 3. The molecule has 0 spiro atoms. The number of phosphoric ester groups is 1. The molecule has 0 aliphatic carbocycles. The number of aliphatic carboxylic acids is 1. The fourth-order valence-corrected chi connectivity index (χ4v) is 6.03. The summed E-state index contributed by atoms with van der Waals surface area (Å²) in [5, 5.41) is 8.88. The highest BCUT2D eigenvalue weighted by Gasteiger charge is 2.28. The van der Waals surface area contributed by atoms with E-state index in [0.29, 0.717) is 25.7 Å². The number of ether oxygens (including phenoxy) is 2. The van der Waals surface area contributed by atoms with Gasteiger partial charge in [0.05, 0.1) is 13.2 Å². The van der Waals surface area contributed by atoms with Crippen LogP contribution >= 0.6 is 7.82 Å². The highest BCUT2D eigenvalue weighted by Crippen LogP contribution is 2.43. The third-order valence-corrected chi connectivity index (χ3v) is 9.58. The van der Waals surface area contributed by atoms with Gasteiger partial charge in [0.1, 0.15) is 12.6 Å². The van der Waals surface area contributed by atoms with Gasteiger partial charge in [-0.3, -0.25) is 23.4 Å². The van der Waals surface area contributed by atoms with Crippen molar-refractivity contribution in [2.75, 3.05) is 19.8 Å². The summed E-state index contributed by atoms with van der Waals surface area (Å²) in [7, 11) is -4.75. The molecule has 0 aromatic carbocycles. The number of carboxylic acid groups (broad SMARTS) is 1. The highest BCUT2D eigenvalue weighted by atomic mass is 31.2. The number of carboxylic acids is 1. The summed E-state index contributed by atoms with van der Waals surface area (Å²) in [6.07, 6.45) is 49.5. The van der Waals surface area contributed by atoms with Gasteiger partial charge in [-0.05, 0) is 77.0 Å². The predicted molar refractivity (Wildman–Crippen MR) is 235 cm³/mol. The number of allylic oxidation sites excluding steroid dienone is 14. The number of phosphoric acid groups is 1. The summed E-state index contributed by atoms with van der Waals surface area (Å²) in [5.74, 6) is -2.52. The summed E-state index contributed by atoms with van der Waals surface area (Å²) in [4.78, 5) is 45.9. The summed E-state index contributed by atoms with van der Waals surface area (Å²) < 4.78 is 32.6. The Bertz CT molecular complexity index is 1300. The number of esters is 2. The third kappa shape index (κ3) is 39.5. The average molecular weight is 834 g/mol. The van der Waals surface area contributed by atoms with E-state index < -0.39 is 57.7 Å². The fraction of sp³-hybridized carbons (Fsp3) is 0.630. The maximum Gasteiger partial charge on any atom is 0.472 e. The number of carbonyl (C=O) groups is 3. The topological polar surface area (TPSA) is 172 Å². The molecular formula is C46H76NO10P. The van der Waals surface area contributed by atoms with Gasteiger partial charge in [-0.2, -0.15) is 0 Å². The van der Waals surface area contributed by atoms with E-state index in [-0.39, 0.29) is 12.8 Å². The monoisotopic (exact) mass is 834 g/mol. The van der Waals surface area contributed by atoms with Crippen LogP contribution < -0.4 is 5.73 Å². The number of unbranched alkanes of at least 4 members (excludes halogenated alkanes) is 11. The predicted octanol–water partition coefficient (Wildman–Crippen LogP) is 11.5. The van der Waals surface area contributed by atoms with Crippen molar-refractivity contribution in [1.82, 2.24) is 0 Å². The minimum absolute atomic E-state index is 0.0697. The Balaban J connectivity index is 4.54. The molecule has 58 heavy (non-hydrogen) atoms. The van der Waals surface area contributed by atoms with Crippen LogP contribution in [-0.2, 0) is 37.5 Å². The van der Waals surface area contributed by atoms with Crippen LogP contribution in [-0.4, -0.2) is 59.9 Å². The molecule has 0 aromatic heterocycles. The van der Waals surface area contributed by atoms with E-state index in [9.17, 15) is 23.8 Å². The number of rotatable bonds is 39. The zero-order valence-electron chi connectivity index (χ0n) is 35.6. The first-order valence-electron chi connectivity index (χ1n) is 21.6. The molecule has 0 radical (unpaired) electrons. The Morgan fingerprint density at radius 2 is 0.966 bits per heavy atom. The third-order valence-electron chi connectivity index (χ3n) is 8.63. The summed E-state index contributed by atoms with van der Waals surface area (Å²) in [6, 6.07) is -1.54. The smallest absolute Gasteiger partial charge is 0.472 e. The standard InChI is InChI=1S/C46H76NO10P/c1-3-5-7-9-11-13-15-17-19-21-23-25-27-29-31-33-35-37-44(48)54-39-42(40-55-58(52,53)56-41-43(47)46(50)51)57-45(49)38-36-34-32-30-28-26-24-22-20-18-16-14-12-10-8-6-4-2/h6,8,12,14,18,20,23-26,29-32,42-43H,3-5,7,9-11,13,15-17,19,21-22,27-28,33-41,47H2,1-2H3,(H,50,51)(H,52,53)/b8-6+,14-12+,20-18+,25-23+,26-24+,31-29+,32-30+/t42-,43+/m1/s1. The molecule has 1 unspecified atom stereocenters. The molecule has 0 amide bonds. The van der Waals surface area contributed by atoms with E-state index >= 15 is 0 Å². The van der Waals surface area contributed by atoms with Gasteiger partial charge in [-0.1, -0.05) is 150 Å². The van der Waals surface area contributed by atoms with Crippen molar-refractivity contribution in [1.29, 1.82) is 0 Å². The van der Waals surface area contributed by atoms with Gasteiger partial charge in [0.2, 0.25) is 0 Å². The Hall–Kier alpha value is -3.34. The van der Waals surface area contributed by atoms with Crippen LogP contribution in [0.5, 0.6) is 0 Å². The van der Waals surface area contributed by atoms with Gasteiger partial charge in [0.25, 0.3) is 0 Å². The molecule has 330 valence electrons. The second-order valence-corrected chi connectivity index (χ2v) is 15.5. The van der Waals surface area contributed by atoms with Crippen molar-refractivity contribution >= 4 is 25.7 Å². The van der Waals surface area contributed by atoms with Gasteiger partial charge in [0.15, 0.2) is 6.10 Å². The van der Waals surface area contributed by atoms with E-state index in [2.05, 4.69) is 85.2 Å². The Labute approximate surface area is 350 Å². The molecule has 0 aliphatic rings. The molecule has 12 heteroatoms. The van der Waals surface area contributed by atoms with Crippen LogP contribution in [0, 0.1) is 0 Å². The van der Waals surface area contributed by atoms with Crippen LogP contribution in [0.2, 0.25) is 0 Å². The summed E-state index contributed by atoms with van der Waals surface area (Å²) in [5.41, 5.74) is 5.32. The largest absolute Gasteiger partial charge is 0.480 e. The fourth-order valence-electron chi connectivity index (χ4n) is 5.26. The Kier molecular flexibility index (Phi) is 38.1. The van der Waals surface area contributed by atoms with Crippen molar-refractivity contribution in [2.45, 2.75) is 167 Å². The van der Waals surface area contributed by atoms with Crippen LogP contribution in [0.3, 0.4) is 0 Å². The minimum atomic E-state index is -4.75. The maximum atomic E-state index is 12.6. The Morgan fingerprint density at radius 3 is 1.45 bits per heavy atom. The molecule has 11 nitrogen and oxygen atoms in total. The SMILES string of the molecule is CC/C=C/C/C=C/C/C=C/C/C=C/C/C=C/CCCC(=O)O[C@H](COC(=O)CCC/C=C/C/C=C/CCCCCCCCCCC)COP(=O)(O)OC[C@H](N)C(=O)O. The second-order valence-electron chi connectivity index (χ2n) is 14.1.